The van der Waals surface area contributed by atoms with Crippen LogP contribution in [0.5, 0.6) is 23.0 Å². The van der Waals surface area contributed by atoms with Gasteiger partial charge in [0.05, 0.1) is 5.52 Å². The van der Waals surface area contributed by atoms with Crippen molar-refractivity contribution in [3.8, 4) is 28.7 Å². The summed E-state index contributed by atoms with van der Waals surface area (Å²) in [6.45, 7) is 13.5. The van der Waals surface area contributed by atoms with Crippen LogP contribution in [0.4, 0.5) is 17.1 Å². The van der Waals surface area contributed by atoms with Crippen molar-refractivity contribution in [1.82, 2.24) is 4.57 Å². The quantitative estimate of drug-likeness (QED) is 0.160. The molecule has 5 heterocycles. The summed E-state index contributed by atoms with van der Waals surface area (Å²) in [5, 5.41) is 2.52. The average Bonchev–Trinajstić information content (AvgIpc) is 3.70. The smallest absolute Gasteiger partial charge is 0.252 e. The van der Waals surface area contributed by atoms with Crippen LogP contribution in [-0.4, -0.2) is 18.0 Å². The second kappa shape index (κ2) is 15.3. The van der Waals surface area contributed by atoms with Crippen molar-refractivity contribution in [1.29, 1.82) is 0 Å². The minimum Gasteiger partial charge on any atom is -0.457 e. The van der Waals surface area contributed by atoms with Gasteiger partial charge in [0, 0.05) is 70.8 Å². The number of ether oxygens (including phenoxy) is 2. The van der Waals surface area contributed by atoms with Gasteiger partial charge >= 0.3 is 0 Å². The molecule has 70 heavy (non-hydrogen) atoms. The molecule has 1 aromatic heterocycles. The largest absolute Gasteiger partial charge is 0.457 e. The van der Waals surface area contributed by atoms with Gasteiger partial charge in [-0.05, 0) is 111 Å². The SMILES string of the molecule is CC(C)(C)c1ccc(Oc2cc3c4c(c2)Sc2cc5c(cc2B4c2ccccc2S3)B2c3c(cc(Oc4ccc(C(C)(C)C)cc4)cc3-n3c4ccccc4c4cccc2c43)N5c2ccccc2)cc1. The molecular weight excluding hydrogens is 890 g/mol. The molecule has 14 rings (SSSR count). The topological polar surface area (TPSA) is 26.6 Å². The second-order valence-electron chi connectivity index (χ2n) is 21.3. The first-order chi connectivity index (χ1) is 33.9. The summed E-state index contributed by atoms with van der Waals surface area (Å²) >= 11 is 3.74. The van der Waals surface area contributed by atoms with Gasteiger partial charge in [-0.15, -0.1) is 0 Å². The van der Waals surface area contributed by atoms with Crippen molar-refractivity contribution in [3.63, 3.8) is 0 Å². The average molecular weight is 939 g/mol. The standard InChI is InChI=1S/C62H48B2N2O2S2/c1-61(2,3)37-23-27-40(28-24-37)67-42-31-52-58-53(32-42)66-50-21-12-10-17-44(50)45-18-14-20-47(60(45)66)64(58)48-35-49-55(36-51(48)65(52)39-15-8-7-9-16-39)70-57-34-43(68-41-29-25-38(26-30-41)62(4,5)6)33-56-59(57)63(49)46-19-11-13-22-54(46)69-56/h7-36H,1-6H3. The van der Waals surface area contributed by atoms with E-state index in [2.05, 4.69) is 233 Å². The Morgan fingerprint density at radius 2 is 0.971 bits per heavy atom. The van der Waals surface area contributed by atoms with E-state index in [0.717, 1.165) is 40.1 Å². The number of fused-ring (bicyclic) bond motifs is 11. The molecule has 4 nitrogen and oxygen atoms in total. The highest BCUT2D eigenvalue weighted by Gasteiger charge is 2.46. The Bertz CT molecular complexity index is 3820. The molecular formula is C62H48B2N2O2S2. The van der Waals surface area contributed by atoms with Crippen LogP contribution >= 0.6 is 23.5 Å². The molecule has 0 fully saturated rings. The predicted molar refractivity (Wildman–Crippen MR) is 296 cm³/mol. The number of para-hydroxylation sites is 3. The lowest BCUT2D eigenvalue weighted by Crippen LogP contribution is -2.63. The van der Waals surface area contributed by atoms with Crippen LogP contribution in [-0.2, 0) is 10.8 Å². The van der Waals surface area contributed by atoms with Gasteiger partial charge in [-0.25, -0.2) is 0 Å². The summed E-state index contributed by atoms with van der Waals surface area (Å²) in [4.78, 5) is 7.55. The Kier molecular flexibility index (Phi) is 9.14. The van der Waals surface area contributed by atoms with E-state index in [1.54, 1.807) is 0 Å². The van der Waals surface area contributed by atoms with Crippen LogP contribution in [0, 0.1) is 0 Å². The molecule has 0 radical (unpaired) electrons. The van der Waals surface area contributed by atoms with Gasteiger partial charge in [-0.3, -0.25) is 0 Å². The fraction of sp³-hybridized carbons (Fsp3) is 0.129. The monoisotopic (exact) mass is 938 g/mol. The van der Waals surface area contributed by atoms with Crippen molar-refractivity contribution >= 4 is 109 Å². The molecule has 0 aliphatic carbocycles. The van der Waals surface area contributed by atoms with E-state index in [-0.39, 0.29) is 24.3 Å². The maximum absolute atomic E-state index is 6.98. The molecule has 10 aromatic rings. The highest BCUT2D eigenvalue weighted by Crippen LogP contribution is 2.47. The summed E-state index contributed by atoms with van der Waals surface area (Å²) < 4.78 is 16.2. The Labute approximate surface area is 418 Å². The summed E-state index contributed by atoms with van der Waals surface area (Å²) in [6.07, 6.45) is 0. The molecule has 9 aromatic carbocycles. The van der Waals surface area contributed by atoms with Crippen LogP contribution in [0.3, 0.4) is 0 Å². The van der Waals surface area contributed by atoms with E-state index in [4.69, 9.17) is 9.47 Å². The third-order valence-corrected chi connectivity index (χ3v) is 17.2. The predicted octanol–water partition coefficient (Wildman–Crippen LogP) is 13.0. The van der Waals surface area contributed by atoms with Crippen molar-refractivity contribution in [2.24, 2.45) is 0 Å². The third-order valence-electron chi connectivity index (χ3n) is 14.9. The number of rotatable bonds is 5. The zero-order chi connectivity index (χ0) is 47.2. The van der Waals surface area contributed by atoms with Gasteiger partial charge in [0.2, 0.25) is 6.71 Å². The second-order valence-corrected chi connectivity index (χ2v) is 23.5. The molecule has 0 unspecified atom stereocenters. The van der Waals surface area contributed by atoms with E-state index in [1.807, 2.05) is 23.5 Å². The first-order valence-electron chi connectivity index (χ1n) is 24.4. The Morgan fingerprint density at radius 3 is 1.67 bits per heavy atom. The van der Waals surface area contributed by atoms with Crippen molar-refractivity contribution in [3.05, 3.63) is 193 Å². The van der Waals surface area contributed by atoms with E-state index in [0.29, 0.717) is 0 Å². The van der Waals surface area contributed by atoms with E-state index < -0.39 is 0 Å². The summed E-state index contributed by atoms with van der Waals surface area (Å²) in [5.41, 5.74) is 17.7. The molecule has 0 atom stereocenters. The lowest BCUT2D eigenvalue weighted by atomic mass is 9.31. The molecule has 4 aliphatic rings. The lowest BCUT2D eigenvalue weighted by molar-refractivity contribution is 0.479. The summed E-state index contributed by atoms with van der Waals surface area (Å²) in [5.74, 6) is 3.32. The first-order valence-corrected chi connectivity index (χ1v) is 26.0. The minimum absolute atomic E-state index is 0.0367. The number of anilines is 3. The minimum atomic E-state index is -0.0367. The Balaban J connectivity index is 0.998. The number of nitrogens with zero attached hydrogens (tertiary/aromatic N) is 2. The highest BCUT2D eigenvalue weighted by molar-refractivity contribution is 8.01. The molecule has 8 heteroatoms. The first kappa shape index (κ1) is 41.9. The highest BCUT2D eigenvalue weighted by atomic mass is 32.2. The Morgan fingerprint density at radius 1 is 0.400 bits per heavy atom. The van der Waals surface area contributed by atoms with Gasteiger partial charge in [-0.2, -0.15) is 0 Å². The van der Waals surface area contributed by atoms with Gasteiger partial charge < -0.3 is 18.9 Å². The van der Waals surface area contributed by atoms with E-state index >= 15 is 0 Å². The third kappa shape index (κ3) is 6.42. The van der Waals surface area contributed by atoms with Gasteiger partial charge in [-0.1, -0.05) is 179 Å². The fourth-order valence-corrected chi connectivity index (χ4v) is 14.1. The molecule has 0 amide bonds. The van der Waals surface area contributed by atoms with Gasteiger partial charge in [0.25, 0.3) is 6.71 Å². The normalized spacial score (nSPS) is 13.9. The van der Waals surface area contributed by atoms with E-state index in [1.165, 1.54) is 91.0 Å². The zero-order valence-electron chi connectivity index (χ0n) is 40.0. The fourth-order valence-electron chi connectivity index (χ4n) is 11.6. The van der Waals surface area contributed by atoms with Gasteiger partial charge in [0.1, 0.15) is 23.0 Å². The van der Waals surface area contributed by atoms with Crippen LogP contribution in [0.25, 0.3) is 27.5 Å². The molecule has 0 N–H and O–H groups in total. The number of hydrogen-bond acceptors (Lipinski definition) is 5. The maximum atomic E-state index is 6.98. The van der Waals surface area contributed by atoms with Crippen molar-refractivity contribution in [2.45, 2.75) is 72.0 Å². The van der Waals surface area contributed by atoms with Crippen LogP contribution in [0.15, 0.2) is 202 Å². The summed E-state index contributed by atoms with van der Waals surface area (Å²) in [6, 6.07) is 67.2. The van der Waals surface area contributed by atoms with Gasteiger partial charge in [0.15, 0.2) is 0 Å². The molecule has 336 valence electrons. The number of benzene rings is 9. The summed E-state index contributed by atoms with van der Waals surface area (Å²) in [7, 11) is 0. The molecule has 0 saturated heterocycles. The van der Waals surface area contributed by atoms with Crippen molar-refractivity contribution in [2.75, 3.05) is 4.90 Å². The molecule has 0 bridgehead atoms. The van der Waals surface area contributed by atoms with Crippen LogP contribution in [0.2, 0.25) is 0 Å². The van der Waals surface area contributed by atoms with Crippen molar-refractivity contribution < 1.29 is 9.47 Å². The van der Waals surface area contributed by atoms with E-state index in [9.17, 15) is 0 Å². The number of aromatic nitrogens is 1. The molecule has 0 spiro atoms. The number of hydrogen-bond donors (Lipinski definition) is 0. The molecule has 0 saturated carbocycles. The molecule has 4 aliphatic heterocycles. The zero-order valence-corrected chi connectivity index (χ0v) is 41.6. The maximum Gasteiger partial charge on any atom is 0.252 e. The van der Waals surface area contributed by atoms with Crippen LogP contribution < -0.4 is 47.2 Å². The lowest BCUT2D eigenvalue weighted by Gasteiger charge is -2.42. The van der Waals surface area contributed by atoms with Crippen LogP contribution in [0.1, 0.15) is 52.7 Å². The Hall–Kier alpha value is -6.99.